The van der Waals surface area contributed by atoms with Crippen molar-refractivity contribution in [2.75, 3.05) is 5.73 Å². The van der Waals surface area contributed by atoms with E-state index in [2.05, 4.69) is 22.1 Å². The number of nitrogens with two attached hydrogens (primary N) is 1. The highest BCUT2D eigenvalue weighted by Gasteiger charge is 2.11. The van der Waals surface area contributed by atoms with E-state index < -0.39 is 0 Å². The number of anilines is 1. The third-order valence-electron chi connectivity index (χ3n) is 2.81. The number of nitrogens with one attached hydrogen (secondary N) is 1. The second-order valence-electron chi connectivity index (χ2n) is 4.02. The Bertz CT molecular complexity index is 553. The fraction of sp³-hybridized carbons (Fsp3) is 0.353. The van der Waals surface area contributed by atoms with Crippen molar-refractivity contribution < 1.29 is 0 Å². The number of allylic oxidation sites excluding steroid dienone is 1. The number of nitrogen functional groups attached to an aromatic ring is 1. The van der Waals surface area contributed by atoms with Crippen molar-refractivity contribution in [3.8, 4) is 11.4 Å². The van der Waals surface area contributed by atoms with Gasteiger partial charge in [0.1, 0.15) is 5.82 Å². The van der Waals surface area contributed by atoms with Crippen LogP contribution in [0.15, 0.2) is 30.3 Å². The molecule has 1 aromatic carbocycles. The first kappa shape index (κ1) is 16.0. The van der Waals surface area contributed by atoms with Gasteiger partial charge in [-0.05, 0) is 31.1 Å². The molecule has 0 aliphatic heterocycles. The predicted octanol–water partition coefficient (Wildman–Crippen LogP) is 4.67. The first-order valence-corrected chi connectivity index (χ1v) is 7.44. The molecule has 0 saturated carbocycles. The molecular weight excluding hydrogens is 246 g/mol. The zero-order valence-electron chi connectivity index (χ0n) is 12.9. The topological polar surface area (TPSA) is 54.7 Å². The summed E-state index contributed by atoms with van der Waals surface area (Å²) in [5, 5.41) is 0. The van der Waals surface area contributed by atoms with Crippen LogP contribution >= 0.6 is 0 Å². The predicted molar refractivity (Wildman–Crippen MR) is 88.5 cm³/mol. The van der Waals surface area contributed by atoms with Crippen LogP contribution in [0.25, 0.3) is 17.5 Å². The summed E-state index contributed by atoms with van der Waals surface area (Å²) in [6, 6.07) is 7.78. The van der Waals surface area contributed by atoms with Gasteiger partial charge in [-0.15, -0.1) is 0 Å². The van der Waals surface area contributed by atoms with Crippen molar-refractivity contribution in [3.05, 3.63) is 41.7 Å². The largest absolute Gasteiger partial charge is 0.399 e. The Morgan fingerprint density at radius 1 is 1.15 bits per heavy atom. The van der Waals surface area contributed by atoms with Gasteiger partial charge in [-0.2, -0.15) is 0 Å². The van der Waals surface area contributed by atoms with Gasteiger partial charge in [0, 0.05) is 16.9 Å². The zero-order chi connectivity index (χ0) is 15.0. The van der Waals surface area contributed by atoms with Crippen LogP contribution in [0, 0.1) is 0 Å². The van der Waals surface area contributed by atoms with Crippen LogP contribution in [-0.4, -0.2) is 9.97 Å². The van der Waals surface area contributed by atoms with Crippen LogP contribution in [0.1, 0.15) is 45.5 Å². The van der Waals surface area contributed by atoms with Crippen molar-refractivity contribution in [3.63, 3.8) is 0 Å². The van der Waals surface area contributed by atoms with Crippen molar-refractivity contribution in [1.29, 1.82) is 0 Å². The number of imidazole rings is 1. The summed E-state index contributed by atoms with van der Waals surface area (Å²) < 4.78 is 0. The van der Waals surface area contributed by atoms with E-state index in [-0.39, 0.29) is 0 Å². The second-order valence-corrected chi connectivity index (χ2v) is 4.02. The fourth-order valence-corrected chi connectivity index (χ4v) is 2.00. The van der Waals surface area contributed by atoms with Gasteiger partial charge < -0.3 is 10.7 Å². The molecule has 1 aromatic heterocycles. The Hall–Kier alpha value is -2.03. The van der Waals surface area contributed by atoms with Gasteiger partial charge in [-0.25, -0.2) is 4.98 Å². The molecule has 0 amide bonds. The number of benzene rings is 1. The number of aromatic nitrogens is 2. The number of nitrogens with zero attached hydrogens (tertiary/aromatic N) is 1. The lowest BCUT2D eigenvalue weighted by molar-refractivity contribution is 0.944. The molecule has 0 fully saturated rings. The van der Waals surface area contributed by atoms with E-state index in [9.17, 15) is 0 Å². The summed E-state index contributed by atoms with van der Waals surface area (Å²) in [4.78, 5) is 7.92. The summed E-state index contributed by atoms with van der Waals surface area (Å²) in [5.74, 6) is 0.906. The molecule has 1 aliphatic rings. The summed E-state index contributed by atoms with van der Waals surface area (Å²) in [5.41, 5.74) is 9.85. The minimum absolute atomic E-state index is 0.766. The maximum Gasteiger partial charge on any atom is 0.138 e. The van der Waals surface area contributed by atoms with Crippen LogP contribution < -0.4 is 5.73 Å². The highest BCUT2D eigenvalue weighted by atomic mass is 14.9. The molecule has 20 heavy (non-hydrogen) atoms. The number of rotatable bonds is 1. The monoisotopic (exact) mass is 271 g/mol. The second kappa shape index (κ2) is 8.20. The number of fused-ring (bicyclic) bond motifs is 1. The molecule has 0 bridgehead atoms. The average Bonchev–Trinajstić information content (AvgIpc) is 2.95. The maximum atomic E-state index is 5.76. The molecule has 0 spiro atoms. The minimum atomic E-state index is 0.766. The van der Waals surface area contributed by atoms with E-state index in [1.807, 2.05) is 52.0 Å². The van der Waals surface area contributed by atoms with E-state index in [4.69, 9.17) is 5.73 Å². The standard InChI is InChI=1S/C13H13N3.2C2H6/c14-10-5-3-4-9(8-10)13-15-11-6-1-2-7-12(11)16-13;2*1-2/h1,3-6,8H,2,7,14H2,(H,15,16);2*1-2H3. The molecule has 0 saturated heterocycles. The van der Waals surface area contributed by atoms with Crippen molar-refractivity contribution in [1.82, 2.24) is 9.97 Å². The van der Waals surface area contributed by atoms with E-state index >= 15 is 0 Å². The number of aryl methyl sites for hydroxylation is 1. The van der Waals surface area contributed by atoms with E-state index in [1.165, 1.54) is 5.69 Å². The summed E-state index contributed by atoms with van der Waals surface area (Å²) >= 11 is 0. The Morgan fingerprint density at radius 2 is 1.90 bits per heavy atom. The van der Waals surface area contributed by atoms with Crippen LogP contribution in [0.5, 0.6) is 0 Å². The molecule has 1 aliphatic carbocycles. The van der Waals surface area contributed by atoms with Gasteiger partial charge in [0.05, 0.1) is 5.69 Å². The van der Waals surface area contributed by atoms with Gasteiger partial charge in [0.25, 0.3) is 0 Å². The molecule has 3 heteroatoms. The fourth-order valence-electron chi connectivity index (χ4n) is 2.00. The average molecular weight is 271 g/mol. The maximum absolute atomic E-state index is 5.76. The van der Waals surface area contributed by atoms with Gasteiger partial charge in [-0.3, -0.25) is 0 Å². The summed E-state index contributed by atoms with van der Waals surface area (Å²) in [6.45, 7) is 8.00. The van der Waals surface area contributed by atoms with E-state index in [0.717, 1.165) is 35.6 Å². The Morgan fingerprint density at radius 3 is 2.55 bits per heavy atom. The molecule has 1 heterocycles. The molecule has 3 N–H and O–H groups in total. The Kier molecular flexibility index (Phi) is 6.57. The normalized spacial score (nSPS) is 11.6. The van der Waals surface area contributed by atoms with Crippen molar-refractivity contribution >= 4 is 11.8 Å². The number of hydrogen-bond acceptors (Lipinski definition) is 2. The lowest BCUT2D eigenvalue weighted by Crippen LogP contribution is -1.91. The summed E-state index contributed by atoms with van der Waals surface area (Å²) in [6.07, 6.45) is 6.37. The lowest BCUT2D eigenvalue weighted by atomic mass is 10.1. The van der Waals surface area contributed by atoms with Crippen LogP contribution in [0.4, 0.5) is 5.69 Å². The first-order valence-electron chi connectivity index (χ1n) is 7.44. The number of hydrogen-bond donors (Lipinski definition) is 2. The molecule has 3 nitrogen and oxygen atoms in total. The van der Waals surface area contributed by atoms with Gasteiger partial charge in [0.2, 0.25) is 0 Å². The Labute approximate surface area is 121 Å². The van der Waals surface area contributed by atoms with E-state index in [1.54, 1.807) is 0 Å². The van der Waals surface area contributed by atoms with Crippen molar-refractivity contribution in [2.45, 2.75) is 40.5 Å². The number of aromatic amines is 1. The Balaban J connectivity index is 0.000000461. The van der Waals surface area contributed by atoms with Crippen LogP contribution in [-0.2, 0) is 6.42 Å². The quantitative estimate of drug-likeness (QED) is 0.740. The minimum Gasteiger partial charge on any atom is -0.399 e. The number of H-pyrrole nitrogens is 1. The van der Waals surface area contributed by atoms with Crippen LogP contribution in [0.2, 0.25) is 0 Å². The van der Waals surface area contributed by atoms with Crippen molar-refractivity contribution in [2.24, 2.45) is 0 Å². The van der Waals surface area contributed by atoms with Gasteiger partial charge in [-0.1, -0.05) is 45.9 Å². The highest BCUT2D eigenvalue weighted by Crippen LogP contribution is 2.23. The lowest BCUT2D eigenvalue weighted by Gasteiger charge is -2.00. The SMILES string of the molecule is CC.CC.Nc1cccc(-c2nc3c([nH]2)CCC=C3)c1. The molecular formula is C17H25N3. The molecule has 0 unspecified atom stereocenters. The third-order valence-corrected chi connectivity index (χ3v) is 2.81. The highest BCUT2D eigenvalue weighted by molar-refractivity contribution is 5.64. The van der Waals surface area contributed by atoms with Gasteiger partial charge in [0.15, 0.2) is 0 Å². The van der Waals surface area contributed by atoms with Crippen LogP contribution in [0.3, 0.4) is 0 Å². The summed E-state index contributed by atoms with van der Waals surface area (Å²) in [7, 11) is 0. The third kappa shape index (κ3) is 3.73. The molecule has 0 atom stereocenters. The molecule has 3 rings (SSSR count). The zero-order valence-corrected chi connectivity index (χ0v) is 12.9. The smallest absolute Gasteiger partial charge is 0.138 e. The van der Waals surface area contributed by atoms with Gasteiger partial charge >= 0.3 is 0 Å². The van der Waals surface area contributed by atoms with E-state index in [0.29, 0.717) is 0 Å². The molecule has 108 valence electrons. The first-order chi connectivity index (χ1) is 9.83. The molecule has 0 radical (unpaired) electrons. The molecule has 2 aromatic rings.